The Morgan fingerprint density at radius 2 is 2.07 bits per heavy atom. The van der Waals surface area contributed by atoms with Crippen molar-refractivity contribution in [2.45, 2.75) is 26.3 Å². The van der Waals surface area contributed by atoms with E-state index in [1.807, 2.05) is 13.8 Å². The van der Waals surface area contributed by atoms with Gasteiger partial charge in [-0.2, -0.15) is 0 Å². The van der Waals surface area contributed by atoms with E-state index < -0.39 is 5.82 Å². The maximum atomic E-state index is 13.7. The Labute approximate surface area is 93.6 Å². The minimum Gasteiger partial charge on any atom is -0.397 e. The van der Waals surface area contributed by atoms with Gasteiger partial charge in [-0.05, 0) is 19.4 Å². The molecule has 0 aliphatic heterocycles. The first-order valence-electron chi connectivity index (χ1n) is 4.76. The highest BCUT2D eigenvalue weighted by molar-refractivity contribution is 6.33. The van der Waals surface area contributed by atoms with Crippen molar-refractivity contribution in [3.05, 3.63) is 16.9 Å². The molecule has 1 atom stereocenters. The van der Waals surface area contributed by atoms with E-state index in [1.165, 1.54) is 6.07 Å². The van der Waals surface area contributed by atoms with Gasteiger partial charge in [0.15, 0.2) is 5.82 Å². The van der Waals surface area contributed by atoms with Gasteiger partial charge in [-0.15, -0.1) is 0 Å². The van der Waals surface area contributed by atoms with Gasteiger partial charge in [-0.25, -0.2) is 4.39 Å². The smallest absolute Gasteiger partial charge is 0.169 e. The van der Waals surface area contributed by atoms with Crippen LogP contribution in [-0.4, -0.2) is 6.04 Å². The van der Waals surface area contributed by atoms with Crippen LogP contribution in [0.1, 0.15) is 20.3 Å². The third-order valence-corrected chi connectivity index (χ3v) is 2.65. The molecule has 1 aromatic carbocycles. The third-order valence-electron chi connectivity index (χ3n) is 2.27. The number of anilines is 3. The van der Waals surface area contributed by atoms with Crippen molar-refractivity contribution in [2.75, 3.05) is 16.8 Å². The fourth-order valence-corrected chi connectivity index (χ4v) is 1.31. The van der Waals surface area contributed by atoms with Crippen LogP contribution in [0, 0.1) is 5.82 Å². The van der Waals surface area contributed by atoms with Crippen LogP contribution < -0.4 is 16.8 Å². The molecule has 0 aliphatic carbocycles. The van der Waals surface area contributed by atoms with Crippen molar-refractivity contribution < 1.29 is 4.39 Å². The lowest BCUT2D eigenvalue weighted by Crippen LogP contribution is -2.16. The number of nitrogens with two attached hydrogens (primary N) is 2. The summed E-state index contributed by atoms with van der Waals surface area (Å²) in [4.78, 5) is 0. The summed E-state index contributed by atoms with van der Waals surface area (Å²) in [6.07, 6.45) is 0.862. The highest BCUT2D eigenvalue weighted by Crippen LogP contribution is 2.34. The Balaban J connectivity index is 3.12. The molecule has 0 spiro atoms. The Hall–Kier alpha value is -1.16. The molecule has 15 heavy (non-hydrogen) atoms. The molecule has 0 bridgehead atoms. The van der Waals surface area contributed by atoms with E-state index in [2.05, 4.69) is 5.32 Å². The third kappa shape index (κ3) is 2.45. The van der Waals surface area contributed by atoms with Crippen molar-refractivity contribution in [1.82, 2.24) is 0 Å². The van der Waals surface area contributed by atoms with Crippen LogP contribution in [0.2, 0.25) is 5.02 Å². The lowest BCUT2D eigenvalue weighted by atomic mass is 10.2. The van der Waals surface area contributed by atoms with Crippen molar-refractivity contribution in [3.8, 4) is 0 Å². The largest absolute Gasteiger partial charge is 0.397 e. The van der Waals surface area contributed by atoms with Crippen LogP contribution in [-0.2, 0) is 0 Å². The van der Waals surface area contributed by atoms with Gasteiger partial charge in [-0.3, -0.25) is 0 Å². The molecule has 0 aliphatic rings. The number of hydrogen-bond acceptors (Lipinski definition) is 3. The van der Waals surface area contributed by atoms with E-state index >= 15 is 0 Å². The first-order valence-corrected chi connectivity index (χ1v) is 5.14. The summed E-state index contributed by atoms with van der Waals surface area (Å²) in [5.41, 5.74) is 11.8. The number of nitrogen functional groups attached to an aromatic ring is 2. The van der Waals surface area contributed by atoms with Gasteiger partial charge in [0.05, 0.1) is 17.1 Å². The highest BCUT2D eigenvalue weighted by atomic mass is 35.5. The molecule has 1 rings (SSSR count). The SMILES string of the molecule is CCC(C)Nc1c(N)cc(N)c(Cl)c1F. The molecule has 1 unspecified atom stereocenters. The monoisotopic (exact) mass is 231 g/mol. The summed E-state index contributed by atoms with van der Waals surface area (Å²) >= 11 is 5.69. The summed E-state index contributed by atoms with van der Waals surface area (Å²) in [6.45, 7) is 3.92. The van der Waals surface area contributed by atoms with Gasteiger partial charge in [0.2, 0.25) is 0 Å². The fourth-order valence-electron chi connectivity index (χ4n) is 1.16. The van der Waals surface area contributed by atoms with E-state index in [0.29, 0.717) is 0 Å². The van der Waals surface area contributed by atoms with Gasteiger partial charge in [0, 0.05) is 6.04 Å². The highest BCUT2D eigenvalue weighted by Gasteiger charge is 2.15. The second kappa shape index (κ2) is 4.57. The minimum atomic E-state index is -0.588. The van der Waals surface area contributed by atoms with E-state index in [4.69, 9.17) is 23.1 Å². The molecule has 0 saturated carbocycles. The number of hydrogen-bond donors (Lipinski definition) is 3. The molecule has 0 radical (unpaired) electrons. The van der Waals surface area contributed by atoms with Gasteiger partial charge in [-0.1, -0.05) is 18.5 Å². The second-order valence-electron chi connectivity index (χ2n) is 3.51. The predicted molar refractivity (Wildman–Crippen MR) is 63.6 cm³/mol. The van der Waals surface area contributed by atoms with Crippen LogP contribution in [0.15, 0.2) is 6.07 Å². The predicted octanol–water partition coefficient (Wildman–Crippen LogP) is 2.85. The topological polar surface area (TPSA) is 64.1 Å². The van der Waals surface area contributed by atoms with Crippen LogP contribution >= 0.6 is 11.6 Å². The summed E-state index contributed by atoms with van der Waals surface area (Å²) < 4.78 is 13.7. The van der Waals surface area contributed by atoms with Crippen molar-refractivity contribution in [1.29, 1.82) is 0 Å². The molecule has 0 aromatic heterocycles. The lowest BCUT2D eigenvalue weighted by molar-refractivity contribution is 0.626. The summed E-state index contributed by atoms with van der Waals surface area (Å²) in [7, 11) is 0. The average molecular weight is 232 g/mol. The first-order chi connectivity index (χ1) is 6.97. The van der Waals surface area contributed by atoms with E-state index in [0.717, 1.165) is 6.42 Å². The van der Waals surface area contributed by atoms with Gasteiger partial charge >= 0.3 is 0 Å². The van der Waals surface area contributed by atoms with Gasteiger partial charge in [0.1, 0.15) is 5.02 Å². The van der Waals surface area contributed by atoms with Crippen molar-refractivity contribution >= 4 is 28.7 Å². The molecule has 0 amide bonds. The van der Waals surface area contributed by atoms with Crippen LogP contribution in [0.4, 0.5) is 21.5 Å². The standard InChI is InChI=1S/C10H15ClFN3/c1-3-5(2)15-10-7(14)4-6(13)8(11)9(10)12/h4-5,15H,3,13-14H2,1-2H3. The molecule has 5 N–H and O–H groups in total. The lowest BCUT2D eigenvalue weighted by Gasteiger charge is -2.17. The Kier molecular flexibility index (Phi) is 3.63. The zero-order chi connectivity index (χ0) is 11.6. The summed E-state index contributed by atoms with van der Waals surface area (Å²) in [6, 6.07) is 1.58. The fraction of sp³-hybridized carbons (Fsp3) is 0.400. The maximum Gasteiger partial charge on any atom is 0.169 e. The number of rotatable bonds is 3. The van der Waals surface area contributed by atoms with Crippen LogP contribution in [0.5, 0.6) is 0 Å². The molecule has 1 aromatic rings. The van der Waals surface area contributed by atoms with Crippen molar-refractivity contribution in [3.63, 3.8) is 0 Å². The quantitative estimate of drug-likeness (QED) is 0.701. The summed E-state index contributed by atoms with van der Waals surface area (Å²) in [5, 5.41) is 2.87. The molecule has 0 saturated heterocycles. The van der Waals surface area contributed by atoms with Crippen molar-refractivity contribution in [2.24, 2.45) is 0 Å². The molecule has 3 nitrogen and oxygen atoms in total. The van der Waals surface area contributed by atoms with Gasteiger partial charge < -0.3 is 16.8 Å². The zero-order valence-electron chi connectivity index (χ0n) is 8.77. The molecule has 0 fully saturated rings. The molecule has 0 heterocycles. The minimum absolute atomic E-state index is 0.0880. The molecule has 84 valence electrons. The molecular weight excluding hydrogens is 217 g/mol. The summed E-state index contributed by atoms with van der Waals surface area (Å²) in [5.74, 6) is -0.588. The van der Waals surface area contributed by atoms with E-state index in [9.17, 15) is 4.39 Å². The van der Waals surface area contributed by atoms with E-state index in [1.54, 1.807) is 0 Å². The number of benzene rings is 1. The van der Waals surface area contributed by atoms with Gasteiger partial charge in [0.25, 0.3) is 0 Å². The second-order valence-corrected chi connectivity index (χ2v) is 3.89. The Morgan fingerprint density at radius 1 is 1.47 bits per heavy atom. The molecule has 5 heteroatoms. The van der Waals surface area contributed by atoms with Crippen LogP contribution in [0.3, 0.4) is 0 Å². The van der Waals surface area contributed by atoms with Crippen LogP contribution in [0.25, 0.3) is 0 Å². The first kappa shape index (κ1) is 11.9. The maximum absolute atomic E-state index is 13.7. The molecular formula is C10H15ClFN3. The number of nitrogens with one attached hydrogen (secondary N) is 1. The number of halogens is 2. The Bertz CT molecular complexity index is 368. The van der Waals surface area contributed by atoms with E-state index in [-0.39, 0.29) is 28.1 Å². The Morgan fingerprint density at radius 3 is 2.60 bits per heavy atom. The average Bonchev–Trinajstić information content (AvgIpc) is 2.21. The normalized spacial score (nSPS) is 12.5. The zero-order valence-corrected chi connectivity index (χ0v) is 9.53.